The number of phenols is 2. The van der Waals surface area contributed by atoms with Crippen LogP contribution in [-0.4, -0.2) is 40.5 Å². The van der Waals surface area contributed by atoms with Crippen molar-refractivity contribution in [3.63, 3.8) is 0 Å². The fourth-order valence-corrected chi connectivity index (χ4v) is 5.02. The molecule has 3 N–H and O–H groups in total. The first-order valence-corrected chi connectivity index (χ1v) is 11.6. The van der Waals surface area contributed by atoms with E-state index in [4.69, 9.17) is 42.1 Å². The summed E-state index contributed by atoms with van der Waals surface area (Å²) in [6, 6.07) is 6.71. The number of esters is 1. The molecular weight excluding hydrogens is 515 g/mol. The Labute approximate surface area is 214 Å². The molecule has 2 aliphatic heterocycles. The third kappa shape index (κ3) is 3.09. The summed E-state index contributed by atoms with van der Waals surface area (Å²) < 4.78 is 23.3. The number of ether oxygens (including phenoxy) is 4. The Balaban J connectivity index is 1.99. The fraction of sp³-hybridized carbons (Fsp3) is 0.200. The van der Waals surface area contributed by atoms with Gasteiger partial charge in [0.2, 0.25) is 0 Å². The zero-order chi connectivity index (χ0) is 25.9. The van der Waals surface area contributed by atoms with Crippen LogP contribution in [0.5, 0.6) is 34.5 Å². The van der Waals surface area contributed by atoms with E-state index in [2.05, 4.69) is 0 Å². The van der Waals surface area contributed by atoms with Crippen molar-refractivity contribution in [3.8, 4) is 34.5 Å². The summed E-state index contributed by atoms with van der Waals surface area (Å²) in [7, 11) is 0. The molecule has 0 radical (unpaired) electrons. The zero-order valence-corrected chi connectivity index (χ0v) is 20.4. The molecule has 3 aromatic carbocycles. The predicted octanol–water partition coefficient (Wildman–Crippen LogP) is 5.47. The minimum atomic E-state index is -1.87. The van der Waals surface area contributed by atoms with Crippen molar-refractivity contribution in [1.82, 2.24) is 0 Å². The van der Waals surface area contributed by atoms with E-state index in [0.717, 1.165) is 0 Å². The number of carboxylic acid groups (broad SMARTS) is 1. The molecule has 2 aliphatic rings. The molecule has 0 aromatic heterocycles. The Hall–Kier alpha value is -3.82. The van der Waals surface area contributed by atoms with Crippen molar-refractivity contribution in [3.05, 3.63) is 68.2 Å². The predicted molar refractivity (Wildman–Crippen MR) is 127 cm³/mol. The molecule has 5 rings (SSSR count). The van der Waals surface area contributed by atoms with Crippen LogP contribution >= 0.6 is 23.2 Å². The quantitative estimate of drug-likeness (QED) is 0.366. The number of rotatable bonds is 5. The molecule has 1 atom stereocenters. The van der Waals surface area contributed by atoms with Crippen LogP contribution in [0.3, 0.4) is 0 Å². The molecule has 9 nitrogen and oxygen atoms in total. The first-order chi connectivity index (χ1) is 17.2. The van der Waals surface area contributed by atoms with E-state index in [1.807, 2.05) is 0 Å². The number of carboxylic acids is 1. The van der Waals surface area contributed by atoms with Gasteiger partial charge >= 0.3 is 11.9 Å². The maximum atomic E-state index is 13.2. The molecular formula is C25H18Cl2O9. The zero-order valence-electron chi connectivity index (χ0n) is 18.8. The number of benzene rings is 3. The van der Waals surface area contributed by atoms with Gasteiger partial charge in [-0.1, -0.05) is 23.2 Å². The average Bonchev–Trinajstić information content (AvgIpc) is 3.14. The lowest BCUT2D eigenvalue weighted by molar-refractivity contribution is 0.0218. The summed E-state index contributed by atoms with van der Waals surface area (Å²) in [6.45, 7) is 3.62. The first kappa shape index (κ1) is 23.9. The van der Waals surface area contributed by atoms with Gasteiger partial charge in [0.05, 0.1) is 29.9 Å². The van der Waals surface area contributed by atoms with Crippen molar-refractivity contribution < 1.29 is 43.9 Å². The summed E-state index contributed by atoms with van der Waals surface area (Å²) in [5.74, 6) is -3.15. The molecule has 0 amide bonds. The van der Waals surface area contributed by atoms with E-state index in [1.165, 1.54) is 30.3 Å². The number of halogens is 2. The van der Waals surface area contributed by atoms with Crippen molar-refractivity contribution in [2.75, 3.05) is 13.2 Å². The number of carbonyl (C=O) groups is 2. The topological polar surface area (TPSA) is 132 Å². The van der Waals surface area contributed by atoms with E-state index in [1.54, 1.807) is 13.8 Å². The second kappa shape index (κ2) is 8.39. The average molecular weight is 533 g/mol. The third-order valence-electron chi connectivity index (χ3n) is 5.99. The molecule has 186 valence electrons. The maximum absolute atomic E-state index is 13.2. The molecule has 1 unspecified atom stereocenters. The summed E-state index contributed by atoms with van der Waals surface area (Å²) in [6.07, 6.45) is 0. The molecule has 0 aliphatic carbocycles. The van der Waals surface area contributed by atoms with Gasteiger partial charge in [-0.2, -0.15) is 0 Å². The van der Waals surface area contributed by atoms with Gasteiger partial charge in [-0.05, 0) is 44.2 Å². The normalized spacial score (nSPS) is 17.1. The second-order valence-electron chi connectivity index (χ2n) is 7.90. The largest absolute Gasteiger partial charge is 0.506 e. The highest BCUT2D eigenvalue weighted by molar-refractivity contribution is 6.35. The van der Waals surface area contributed by atoms with E-state index in [9.17, 15) is 24.9 Å². The van der Waals surface area contributed by atoms with Gasteiger partial charge in [-0.3, -0.25) is 0 Å². The summed E-state index contributed by atoms with van der Waals surface area (Å²) in [5, 5.41) is 30.3. The third-order valence-corrected chi connectivity index (χ3v) is 6.71. The van der Waals surface area contributed by atoms with E-state index >= 15 is 0 Å². The molecule has 1 spiro atoms. The van der Waals surface area contributed by atoms with Crippen LogP contribution in [0.2, 0.25) is 10.0 Å². The number of carbonyl (C=O) groups excluding carboxylic acids is 1. The summed E-state index contributed by atoms with van der Waals surface area (Å²) in [4.78, 5) is 25.4. The Morgan fingerprint density at radius 1 is 1.00 bits per heavy atom. The standard InChI is InChI=1S/C25H18Cl2O9/c1-3-33-15-9-13-22(18(27)19(15)29)35-21-12(7-8-14(28)17(21)26)25(13)16-10(24(32)36-25)5-6-11(23(30)31)20(16)34-4-2/h5-9,28-29H,3-4H2,1-2H3,(H,30,31). The summed E-state index contributed by atoms with van der Waals surface area (Å²) in [5.41, 5.74) is -1.62. The maximum Gasteiger partial charge on any atom is 0.340 e. The molecule has 0 fully saturated rings. The number of hydrogen-bond acceptors (Lipinski definition) is 8. The lowest BCUT2D eigenvalue weighted by Crippen LogP contribution is -2.34. The SMILES string of the molecule is CCOc1cc2c(c(Cl)c1O)Oc1c(ccc(O)c1Cl)C21OC(=O)c2ccc(C(=O)O)c(OCC)c21. The Morgan fingerprint density at radius 2 is 1.69 bits per heavy atom. The van der Waals surface area contributed by atoms with Crippen LogP contribution < -0.4 is 14.2 Å². The first-order valence-electron chi connectivity index (χ1n) is 10.8. The van der Waals surface area contributed by atoms with E-state index < -0.39 is 23.3 Å². The monoisotopic (exact) mass is 532 g/mol. The van der Waals surface area contributed by atoms with Crippen molar-refractivity contribution in [2.24, 2.45) is 0 Å². The Morgan fingerprint density at radius 3 is 2.36 bits per heavy atom. The Kier molecular flexibility index (Phi) is 5.57. The molecule has 11 heteroatoms. The molecule has 0 saturated carbocycles. The van der Waals surface area contributed by atoms with Crippen LogP contribution in [0, 0.1) is 0 Å². The minimum absolute atomic E-state index is 0.0191. The van der Waals surface area contributed by atoms with Gasteiger partial charge in [0.15, 0.2) is 28.6 Å². The van der Waals surface area contributed by atoms with Crippen LogP contribution in [0.15, 0.2) is 30.3 Å². The highest BCUT2D eigenvalue weighted by Gasteiger charge is 2.57. The number of aromatic carboxylic acids is 1. The van der Waals surface area contributed by atoms with Gasteiger partial charge in [0.25, 0.3) is 0 Å². The van der Waals surface area contributed by atoms with Gasteiger partial charge in [-0.15, -0.1) is 0 Å². The fourth-order valence-electron chi connectivity index (χ4n) is 4.58. The Bertz CT molecular complexity index is 1470. The van der Waals surface area contributed by atoms with Gasteiger partial charge < -0.3 is 34.3 Å². The van der Waals surface area contributed by atoms with Gasteiger partial charge in [-0.25, -0.2) is 9.59 Å². The van der Waals surface area contributed by atoms with E-state index in [-0.39, 0.29) is 79.8 Å². The van der Waals surface area contributed by atoms with Gasteiger partial charge in [0.1, 0.15) is 27.1 Å². The van der Waals surface area contributed by atoms with Crippen LogP contribution in [-0.2, 0) is 10.3 Å². The number of fused-ring (bicyclic) bond motifs is 6. The molecule has 3 aromatic rings. The minimum Gasteiger partial charge on any atom is -0.506 e. The molecule has 0 bridgehead atoms. The summed E-state index contributed by atoms with van der Waals surface area (Å²) >= 11 is 12.9. The van der Waals surface area contributed by atoms with Gasteiger partial charge in [0, 0.05) is 5.56 Å². The molecule has 36 heavy (non-hydrogen) atoms. The number of aromatic hydroxyl groups is 2. The number of phenolic OH excluding ortho intramolecular Hbond substituents is 2. The lowest BCUT2D eigenvalue weighted by Gasteiger charge is -2.38. The van der Waals surface area contributed by atoms with Crippen LogP contribution in [0.25, 0.3) is 0 Å². The molecule has 2 heterocycles. The second-order valence-corrected chi connectivity index (χ2v) is 8.65. The highest BCUT2D eigenvalue weighted by atomic mass is 35.5. The van der Waals surface area contributed by atoms with Crippen molar-refractivity contribution in [1.29, 1.82) is 0 Å². The van der Waals surface area contributed by atoms with Crippen molar-refractivity contribution in [2.45, 2.75) is 19.4 Å². The lowest BCUT2D eigenvalue weighted by atomic mass is 9.76. The highest BCUT2D eigenvalue weighted by Crippen LogP contribution is 2.63. The van der Waals surface area contributed by atoms with Crippen LogP contribution in [0.4, 0.5) is 0 Å². The smallest absolute Gasteiger partial charge is 0.340 e. The number of hydrogen-bond donors (Lipinski definition) is 3. The molecule has 0 saturated heterocycles. The van der Waals surface area contributed by atoms with Crippen molar-refractivity contribution >= 4 is 35.1 Å². The van der Waals surface area contributed by atoms with E-state index in [0.29, 0.717) is 0 Å². The van der Waals surface area contributed by atoms with Crippen LogP contribution in [0.1, 0.15) is 51.3 Å².